The maximum Gasteiger partial charge on any atom is 0.251 e. The van der Waals surface area contributed by atoms with Crippen molar-refractivity contribution in [2.24, 2.45) is 5.73 Å². The SMILES string of the molecule is NCCCCCNC(=O)c1ccc(I)cc1. The van der Waals surface area contributed by atoms with Crippen molar-refractivity contribution < 1.29 is 4.79 Å². The Morgan fingerprint density at radius 3 is 2.50 bits per heavy atom. The van der Waals surface area contributed by atoms with Gasteiger partial charge in [0.2, 0.25) is 0 Å². The normalized spacial score (nSPS) is 10.1. The van der Waals surface area contributed by atoms with Gasteiger partial charge in [0.1, 0.15) is 0 Å². The molecule has 0 saturated carbocycles. The Kier molecular flexibility index (Phi) is 6.40. The first-order valence-electron chi connectivity index (χ1n) is 5.48. The minimum Gasteiger partial charge on any atom is -0.352 e. The predicted molar refractivity (Wildman–Crippen MR) is 74.4 cm³/mol. The lowest BCUT2D eigenvalue weighted by Gasteiger charge is -2.04. The van der Waals surface area contributed by atoms with Crippen molar-refractivity contribution in [1.29, 1.82) is 0 Å². The van der Waals surface area contributed by atoms with Gasteiger partial charge in [0.05, 0.1) is 0 Å². The fourth-order valence-corrected chi connectivity index (χ4v) is 1.71. The molecule has 0 aliphatic carbocycles. The van der Waals surface area contributed by atoms with Gasteiger partial charge in [-0.2, -0.15) is 0 Å². The summed E-state index contributed by atoms with van der Waals surface area (Å²) in [7, 11) is 0. The van der Waals surface area contributed by atoms with E-state index in [-0.39, 0.29) is 5.91 Å². The molecule has 0 fully saturated rings. The van der Waals surface area contributed by atoms with Gasteiger partial charge in [-0.3, -0.25) is 4.79 Å². The molecule has 1 aromatic carbocycles. The van der Waals surface area contributed by atoms with Crippen LogP contribution in [0.2, 0.25) is 0 Å². The molecule has 0 aliphatic heterocycles. The highest BCUT2D eigenvalue weighted by atomic mass is 127. The Bertz CT molecular complexity index is 324. The number of hydrogen-bond acceptors (Lipinski definition) is 2. The molecule has 0 atom stereocenters. The number of halogens is 1. The Balaban J connectivity index is 2.27. The zero-order valence-corrected chi connectivity index (χ0v) is 11.4. The van der Waals surface area contributed by atoms with E-state index in [0.717, 1.165) is 41.5 Å². The molecule has 88 valence electrons. The molecular formula is C12H17IN2O. The van der Waals surface area contributed by atoms with E-state index in [1.54, 1.807) is 0 Å². The van der Waals surface area contributed by atoms with Gasteiger partial charge in [0, 0.05) is 15.7 Å². The van der Waals surface area contributed by atoms with Crippen LogP contribution in [-0.4, -0.2) is 19.0 Å². The van der Waals surface area contributed by atoms with Crippen LogP contribution in [0.3, 0.4) is 0 Å². The average Bonchev–Trinajstić information content (AvgIpc) is 2.29. The smallest absolute Gasteiger partial charge is 0.251 e. The summed E-state index contributed by atoms with van der Waals surface area (Å²) in [6, 6.07) is 7.56. The van der Waals surface area contributed by atoms with E-state index in [4.69, 9.17) is 5.73 Å². The second-order valence-corrected chi connectivity index (χ2v) is 4.86. The molecule has 0 unspecified atom stereocenters. The first-order chi connectivity index (χ1) is 7.74. The van der Waals surface area contributed by atoms with Gasteiger partial charge in [-0.05, 0) is 66.2 Å². The number of nitrogens with one attached hydrogen (secondary N) is 1. The summed E-state index contributed by atoms with van der Waals surface area (Å²) in [6.07, 6.45) is 3.09. The molecule has 0 heterocycles. The van der Waals surface area contributed by atoms with E-state index < -0.39 is 0 Å². The van der Waals surface area contributed by atoms with Crippen LogP contribution in [0.15, 0.2) is 24.3 Å². The van der Waals surface area contributed by atoms with Crippen molar-refractivity contribution in [2.75, 3.05) is 13.1 Å². The van der Waals surface area contributed by atoms with Gasteiger partial charge in [-0.25, -0.2) is 0 Å². The molecule has 1 aromatic rings. The lowest BCUT2D eigenvalue weighted by atomic mass is 10.2. The first-order valence-corrected chi connectivity index (χ1v) is 6.56. The maximum atomic E-state index is 11.7. The molecule has 16 heavy (non-hydrogen) atoms. The van der Waals surface area contributed by atoms with Crippen LogP contribution in [0, 0.1) is 3.57 Å². The Labute approximate surface area is 110 Å². The lowest BCUT2D eigenvalue weighted by Crippen LogP contribution is -2.24. The highest BCUT2D eigenvalue weighted by molar-refractivity contribution is 14.1. The number of carbonyl (C=O) groups is 1. The predicted octanol–water partition coefficient (Wildman–Crippen LogP) is 2.15. The van der Waals surface area contributed by atoms with Crippen LogP contribution >= 0.6 is 22.6 Å². The second kappa shape index (κ2) is 7.62. The van der Waals surface area contributed by atoms with E-state index in [1.807, 2.05) is 24.3 Å². The average molecular weight is 332 g/mol. The van der Waals surface area contributed by atoms with Crippen molar-refractivity contribution in [3.05, 3.63) is 33.4 Å². The summed E-state index contributed by atoms with van der Waals surface area (Å²) in [4.78, 5) is 11.7. The molecule has 0 aliphatic rings. The summed E-state index contributed by atoms with van der Waals surface area (Å²) >= 11 is 2.22. The highest BCUT2D eigenvalue weighted by Gasteiger charge is 2.03. The van der Waals surface area contributed by atoms with Gasteiger partial charge in [-0.15, -0.1) is 0 Å². The number of benzene rings is 1. The number of amides is 1. The van der Waals surface area contributed by atoms with Gasteiger partial charge in [0.25, 0.3) is 5.91 Å². The number of unbranched alkanes of at least 4 members (excludes halogenated alkanes) is 2. The lowest BCUT2D eigenvalue weighted by molar-refractivity contribution is 0.0953. The molecule has 3 nitrogen and oxygen atoms in total. The molecule has 0 bridgehead atoms. The fourth-order valence-electron chi connectivity index (χ4n) is 1.35. The van der Waals surface area contributed by atoms with Gasteiger partial charge in [0.15, 0.2) is 0 Å². The zero-order chi connectivity index (χ0) is 11.8. The molecule has 0 radical (unpaired) electrons. The van der Waals surface area contributed by atoms with Crippen LogP contribution in [0.25, 0.3) is 0 Å². The van der Waals surface area contributed by atoms with Crippen LogP contribution < -0.4 is 11.1 Å². The largest absolute Gasteiger partial charge is 0.352 e. The van der Waals surface area contributed by atoms with Crippen LogP contribution in [0.4, 0.5) is 0 Å². The van der Waals surface area contributed by atoms with Gasteiger partial charge in [-0.1, -0.05) is 6.42 Å². The molecular weight excluding hydrogens is 315 g/mol. The standard InChI is InChI=1S/C12H17IN2O/c13-11-6-4-10(5-7-11)12(16)15-9-3-1-2-8-14/h4-7H,1-3,8-9,14H2,(H,15,16). The summed E-state index contributed by atoms with van der Waals surface area (Å²) in [5.74, 6) is 0.00384. The molecule has 1 amide bonds. The second-order valence-electron chi connectivity index (χ2n) is 3.61. The number of hydrogen-bond donors (Lipinski definition) is 2. The van der Waals surface area contributed by atoms with Crippen molar-refractivity contribution in [3.8, 4) is 0 Å². The number of nitrogens with two attached hydrogens (primary N) is 1. The summed E-state index contributed by atoms with van der Waals surface area (Å²) in [6.45, 7) is 1.45. The first kappa shape index (κ1) is 13.4. The third-order valence-electron chi connectivity index (χ3n) is 2.27. The zero-order valence-electron chi connectivity index (χ0n) is 9.21. The molecule has 3 N–H and O–H groups in total. The van der Waals surface area contributed by atoms with E-state index in [9.17, 15) is 4.79 Å². The summed E-state index contributed by atoms with van der Waals surface area (Å²) < 4.78 is 1.14. The van der Waals surface area contributed by atoms with Gasteiger partial charge < -0.3 is 11.1 Å². The van der Waals surface area contributed by atoms with E-state index in [1.165, 1.54) is 0 Å². The van der Waals surface area contributed by atoms with E-state index >= 15 is 0 Å². The van der Waals surface area contributed by atoms with E-state index in [0.29, 0.717) is 0 Å². The quantitative estimate of drug-likeness (QED) is 0.620. The number of rotatable bonds is 6. The Hall–Kier alpha value is -0.620. The molecule has 0 saturated heterocycles. The molecule has 0 aromatic heterocycles. The summed E-state index contributed by atoms with van der Waals surface area (Å²) in [5, 5.41) is 2.90. The van der Waals surface area contributed by atoms with E-state index in [2.05, 4.69) is 27.9 Å². The van der Waals surface area contributed by atoms with Crippen LogP contribution in [-0.2, 0) is 0 Å². The maximum absolute atomic E-state index is 11.7. The monoisotopic (exact) mass is 332 g/mol. The van der Waals surface area contributed by atoms with Crippen LogP contribution in [0.1, 0.15) is 29.6 Å². The molecule has 4 heteroatoms. The Morgan fingerprint density at radius 2 is 1.88 bits per heavy atom. The van der Waals surface area contributed by atoms with Crippen molar-refractivity contribution in [1.82, 2.24) is 5.32 Å². The topological polar surface area (TPSA) is 55.1 Å². The van der Waals surface area contributed by atoms with Gasteiger partial charge >= 0.3 is 0 Å². The number of carbonyl (C=O) groups excluding carboxylic acids is 1. The minimum atomic E-state index is 0.00384. The van der Waals surface area contributed by atoms with Crippen molar-refractivity contribution >= 4 is 28.5 Å². The van der Waals surface area contributed by atoms with Crippen LogP contribution in [0.5, 0.6) is 0 Å². The molecule has 0 spiro atoms. The Morgan fingerprint density at radius 1 is 1.19 bits per heavy atom. The fraction of sp³-hybridized carbons (Fsp3) is 0.417. The minimum absolute atomic E-state index is 0.00384. The highest BCUT2D eigenvalue weighted by Crippen LogP contribution is 2.06. The third-order valence-corrected chi connectivity index (χ3v) is 2.99. The summed E-state index contributed by atoms with van der Waals surface area (Å²) in [5.41, 5.74) is 6.11. The van der Waals surface area contributed by atoms with Crippen molar-refractivity contribution in [2.45, 2.75) is 19.3 Å². The van der Waals surface area contributed by atoms with Crippen molar-refractivity contribution in [3.63, 3.8) is 0 Å². The molecule has 1 rings (SSSR count). The third kappa shape index (κ3) is 4.94.